The van der Waals surface area contributed by atoms with Crippen LogP contribution in [0.25, 0.3) is 0 Å². The second-order valence-electron chi connectivity index (χ2n) is 4.07. The van der Waals surface area contributed by atoms with Gasteiger partial charge >= 0.3 is 0 Å². The number of benzene rings is 1. The number of nitrogens with zero attached hydrogens (tertiary/aromatic N) is 2. The van der Waals surface area contributed by atoms with E-state index in [0.717, 1.165) is 0 Å². The lowest BCUT2D eigenvalue weighted by molar-refractivity contribution is -0.387. The summed E-state index contributed by atoms with van der Waals surface area (Å²) in [4.78, 5) is 13.2. The number of thioether (sulfide) groups is 1. The third-order valence-electron chi connectivity index (χ3n) is 2.77. The van der Waals surface area contributed by atoms with Gasteiger partial charge in [0.05, 0.1) is 9.82 Å². The minimum absolute atomic E-state index is 0.0229. The summed E-state index contributed by atoms with van der Waals surface area (Å²) in [5, 5.41) is 11.6. The van der Waals surface area contributed by atoms with Crippen LogP contribution in [0.15, 0.2) is 41.8 Å². The van der Waals surface area contributed by atoms with Crippen molar-refractivity contribution in [1.29, 1.82) is 0 Å². The van der Waals surface area contributed by atoms with Gasteiger partial charge in [0.25, 0.3) is 5.69 Å². The number of hydrogen-bond acceptors (Lipinski definition) is 5. The van der Waals surface area contributed by atoms with Crippen LogP contribution >= 0.6 is 24.0 Å². The molecule has 1 aliphatic heterocycles. The van der Waals surface area contributed by atoms with Gasteiger partial charge in [0.2, 0.25) is 0 Å². The zero-order valence-electron chi connectivity index (χ0n) is 10.6. The minimum atomic E-state index is -0.366. The molecule has 1 aromatic carbocycles. The highest BCUT2D eigenvalue weighted by molar-refractivity contribution is 7.99. The lowest BCUT2D eigenvalue weighted by atomic mass is 10.3. The SMILES string of the molecule is C=CCN1C(=S)NNC1CSc1ccccc1[N+](=O)[O-]. The Bertz CT molecular complexity index is 538. The maximum Gasteiger partial charge on any atom is 0.282 e. The van der Waals surface area contributed by atoms with E-state index in [1.165, 1.54) is 17.8 Å². The highest BCUT2D eigenvalue weighted by Crippen LogP contribution is 2.29. The molecule has 1 aromatic rings. The van der Waals surface area contributed by atoms with Gasteiger partial charge in [-0.15, -0.1) is 18.3 Å². The standard InChI is InChI=1S/C12H14N4O2S2/c1-2-7-15-11(13-14-12(15)19)8-20-10-6-4-3-5-9(10)16(17)18/h2-6,11,13H,1,7-8H2,(H,14,19). The van der Waals surface area contributed by atoms with Crippen LogP contribution in [0.2, 0.25) is 0 Å². The molecule has 0 saturated carbocycles. The van der Waals surface area contributed by atoms with E-state index in [0.29, 0.717) is 22.3 Å². The molecule has 0 radical (unpaired) electrons. The number of nitro groups is 1. The number of thiocarbonyl (C=S) groups is 1. The summed E-state index contributed by atoms with van der Waals surface area (Å²) >= 11 is 6.59. The lowest BCUT2D eigenvalue weighted by Crippen LogP contribution is -2.39. The molecule has 0 aromatic heterocycles. The lowest BCUT2D eigenvalue weighted by Gasteiger charge is -2.21. The molecule has 2 N–H and O–H groups in total. The highest BCUT2D eigenvalue weighted by atomic mass is 32.2. The first-order valence-corrected chi connectivity index (χ1v) is 7.32. The van der Waals surface area contributed by atoms with Crippen LogP contribution < -0.4 is 10.9 Å². The Morgan fingerprint density at radius 2 is 2.30 bits per heavy atom. The van der Waals surface area contributed by atoms with Gasteiger partial charge < -0.3 is 4.90 Å². The fraction of sp³-hybridized carbons (Fsp3) is 0.250. The molecule has 0 amide bonds. The van der Waals surface area contributed by atoms with Gasteiger partial charge in [0.1, 0.15) is 6.17 Å². The number of nitrogens with one attached hydrogen (secondary N) is 2. The van der Waals surface area contributed by atoms with E-state index in [1.54, 1.807) is 24.3 Å². The first kappa shape index (κ1) is 14.8. The largest absolute Gasteiger partial charge is 0.327 e. The Balaban J connectivity index is 2.03. The second-order valence-corrected chi connectivity index (χ2v) is 5.52. The van der Waals surface area contributed by atoms with E-state index in [-0.39, 0.29) is 16.8 Å². The summed E-state index contributed by atoms with van der Waals surface area (Å²) in [6.45, 7) is 4.32. The molecule has 106 valence electrons. The third kappa shape index (κ3) is 3.27. The molecule has 0 bridgehead atoms. The fourth-order valence-corrected chi connectivity index (χ4v) is 3.14. The van der Waals surface area contributed by atoms with E-state index >= 15 is 0 Å². The van der Waals surface area contributed by atoms with Crippen molar-refractivity contribution in [3.05, 3.63) is 47.0 Å². The molecule has 1 heterocycles. The Morgan fingerprint density at radius 1 is 1.55 bits per heavy atom. The van der Waals surface area contributed by atoms with Crippen LogP contribution in [-0.4, -0.2) is 33.4 Å². The maximum atomic E-state index is 11.0. The van der Waals surface area contributed by atoms with Crippen LogP contribution in [-0.2, 0) is 0 Å². The fourth-order valence-electron chi connectivity index (χ4n) is 1.82. The number of hydrazine groups is 1. The van der Waals surface area contributed by atoms with Crippen LogP contribution in [0.4, 0.5) is 5.69 Å². The van der Waals surface area contributed by atoms with Crippen molar-refractivity contribution in [2.24, 2.45) is 0 Å². The average Bonchev–Trinajstić information content (AvgIpc) is 2.78. The van der Waals surface area contributed by atoms with E-state index < -0.39 is 0 Å². The van der Waals surface area contributed by atoms with Crippen LogP contribution in [0, 0.1) is 10.1 Å². The van der Waals surface area contributed by atoms with Crippen LogP contribution in [0.5, 0.6) is 0 Å². The normalized spacial score (nSPS) is 17.9. The molecular weight excluding hydrogens is 296 g/mol. The van der Waals surface area contributed by atoms with Gasteiger partial charge in [-0.1, -0.05) is 18.2 Å². The summed E-state index contributed by atoms with van der Waals surface area (Å²) in [5.41, 5.74) is 6.07. The topological polar surface area (TPSA) is 70.4 Å². The number of para-hydroxylation sites is 1. The quantitative estimate of drug-likeness (QED) is 0.273. The molecule has 1 saturated heterocycles. The average molecular weight is 310 g/mol. The van der Waals surface area contributed by atoms with Crippen molar-refractivity contribution in [2.75, 3.05) is 12.3 Å². The molecule has 1 fully saturated rings. The van der Waals surface area contributed by atoms with E-state index in [4.69, 9.17) is 12.2 Å². The molecule has 1 atom stereocenters. The second kappa shape index (κ2) is 6.69. The molecule has 20 heavy (non-hydrogen) atoms. The Hall–Kier alpha value is -1.64. The van der Waals surface area contributed by atoms with Crippen LogP contribution in [0.3, 0.4) is 0 Å². The van der Waals surface area contributed by atoms with Gasteiger partial charge in [-0.3, -0.25) is 15.5 Å². The predicted molar refractivity (Wildman–Crippen MR) is 83.4 cm³/mol. The van der Waals surface area contributed by atoms with Crippen molar-refractivity contribution < 1.29 is 4.92 Å². The predicted octanol–water partition coefficient (Wildman–Crippen LogP) is 1.89. The summed E-state index contributed by atoms with van der Waals surface area (Å²) in [7, 11) is 0. The molecule has 1 aliphatic rings. The summed E-state index contributed by atoms with van der Waals surface area (Å²) < 4.78 is 0. The first-order valence-electron chi connectivity index (χ1n) is 5.92. The molecule has 0 spiro atoms. The van der Waals surface area contributed by atoms with Gasteiger partial charge in [0, 0.05) is 18.4 Å². The number of nitro benzene ring substituents is 1. The Labute approximate surface area is 126 Å². The van der Waals surface area contributed by atoms with E-state index in [2.05, 4.69) is 17.4 Å². The van der Waals surface area contributed by atoms with Gasteiger partial charge in [-0.25, -0.2) is 5.43 Å². The Morgan fingerprint density at radius 3 is 3.00 bits per heavy atom. The molecule has 1 unspecified atom stereocenters. The van der Waals surface area contributed by atoms with Gasteiger partial charge in [-0.05, 0) is 18.3 Å². The highest BCUT2D eigenvalue weighted by Gasteiger charge is 2.27. The van der Waals surface area contributed by atoms with Gasteiger partial charge in [-0.2, -0.15) is 0 Å². The third-order valence-corrected chi connectivity index (χ3v) is 4.24. The van der Waals surface area contributed by atoms with Crippen molar-refractivity contribution in [3.63, 3.8) is 0 Å². The zero-order chi connectivity index (χ0) is 14.5. The molecule has 0 aliphatic carbocycles. The van der Waals surface area contributed by atoms with Crippen molar-refractivity contribution >= 4 is 34.8 Å². The maximum absolute atomic E-state index is 11.0. The number of hydrogen-bond donors (Lipinski definition) is 2. The molecule has 8 heteroatoms. The molecule has 6 nitrogen and oxygen atoms in total. The smallest absolute Gasteiger partial charge is 0.282 e. The summed E-state index contributed by atoms with van der Waals surface area (Å²) in [6, 6.07) is 6.72. The Kier molecular flexibility index (Phi) is 4.94. The summed E-state index contributed by atoms with van der Waals surface area (Å²) in [6.07, 6.45) is 1.74. The van der Waals surface area contributed by atoms with E-state index in [1.807, 2.05) is 4.90 Å². The molecular formula is C12H14N4O2S2. The first-order chi connectivity index (χ1) is 9.63. The summed E-state index contributed by atoms with van der Waals surface area (Å²) in [5.74, 6) is 0.631. The zero-order valence-corrected chi connectivity index (χ0v) is 12.2. The minimum Gasteiger partial charge on any atom is -0.327 e. The van der Waals surface area contributed by atoms with Crippen LogP contribution in [0.1, 0.15) is 0 Å². The molecule has 2 rings (SSSR count). The van der Waals surface area contributed by atoms with Crippen molar-refractivity contribution in [2.45, 2.75) is 11.1 Å². The van der Waals surface area contributed by atoms with Crippen molar-refractivity contribution in [3.8, 4) is 0 Å². The number of rotatable bonds is 6. The van der Waals surface area contributed by atoms with Crippen molar-refractivity contribution in [1.82, 2.24) is 15.8 Å². The van der Waals surface area contributed by atoms with Gasteiger partial charge in [0.15, 0.2) is 5.11 Å². The van der Waals surface area contributed by atoms with E-state index in [9.17, 15) is 10.1 Å². The monoisotopic (exact) mass is 310 g/mol.